The second-order valence-corrected chi connectivity index (χ2v) is 4.18. The summed E-state index contributed by atoms with van der Waals surface area (Å²) >= 11 is -1.96. The van der Waals surface area contributed by atoms with Gasteiger partial charge in [-0.25, -0.2) is 10.1 Å². The number of nitrogens with zero attached hydrogens (tertiary/aromatic N) is 1. The molecule has 1 atom stereocenters. The summed E-state index contributed by atoms with van der Waals surface area (Å²) in [5, 5.41) is 1.38. The van der Waals surface area contributed by atoms with Crippen molar-refractivity contribution < 1.29 is 8.76 Å². The van der Waals surface area contributed by atoms with Crippen LogP contribution in [0.4, 0.5) is 5.69 Å². The first-order chi connectivity index (χ1) is 7.54. The van der Waals surface area contributed by atoms with Crippen LogP contribution in [-0.4, -0.2) is 8.76 Å². The molecule has 16 heavy (non-hydrogen) atoms. The fourth-order valence-corrected chi connectivity index (χ4v) is 1.45. The van der Waals surface area contributed by atoms with Crippen molar-refractivity contribution in [2.45, 2.75) is 18.2 Å². The van der Waals surface area contributed by atoms with Gasteiger partial charge in [-0.2, -0.15) is 0 Å². The van der Waals surface area contributed by atoms with Crippen molar-refractivity contribution in [1.82, 2.24) is 0 Å². The molecule has 5 N–H and O–H groups in total. The third-order valence-corrected chi connectivity index (χ3v) is 2.73. The predicted molar refractivity (Wildman–Crippen MR) is 64.7 cm³/mol. The van der Waals surface area contributed by atoms with Crippen LogP contribution >= 0.6 is 0 Å². The molecule has 1 aromatic carbocycles. The van der Waals surface area contributed by atoms with Crippen molar-refractivity contribution in [2.24, 2.45) is 11.6 Å². The van der Waals surface area contributed by atoms with Crippen molar-refractivity contribution in [1.29, 1.82) is 0 Å². The van der Waals surface area contributed by atoms with E-state index in [4.69, 9.17) is 16.1 Å². The molecule has 0 aromatic heterocycles. The minimum Gasteiger partial charge on any atom is -0.401 e. The number of hydrazine groups is 1. The second-order valence-electron chi connectivity index (χ2n) is 3.21. The molecule has 0 heterocycles. The number of hydrogen-bond donors (Lipinski definition) is 3. The van der Waals surface area contributed by atoms with Gasteiger partial charge < -0.3 is 10.3 Å². The lowest BCUT2D eigenvalue weighted by Gasteiger charge is -2.14. The van der Waals surface area contributed by atoms with E-state index in [1.54, 1.807) is 30.5 Å². The van der Waals surface area contributed by atoms with Gasteiger partial charge in [0, 0.05) is 11.9 Å². The predicted octanol–water partition coefficient (Wildman–Crippen LogP) is 1.16. The van der Waals surface area contributed by atoms with Gasteiger partial charge in [0.2, 0.25) is 0 Å². The zero-order valence-corrected chi connectivity index (χ0v) is 9.78. The highest BCUT2D eigenvalue weighted by Crippen LogP contribution is 2.15. The van der Waals surface area contributed by atoms with Crippen molar-refractivity contribution in [3.63, 3.8) is 0 Å². The lowest BCUT2D eigenvalue weighted by atomic mass is 10.3. The average Bonchev–Trinajstić information content (AvgIpc) is 2.28. The van der Waals surface area contributed by atoms with Crippen molar-refractivity contribution in [3.05, 3.63) is 36.2 Å². The highest BCUT2D eigenvalue weighted by atomic mass is 32.2. The number of benzene rings is 1. The van der Waals surface area contributed by atoms with Gasteiger partial charge in [-0.1, -0.05) is 6.92 Å². The highest BCUT2D eigenvalue weighted by molar-refractivity contribution is 7.79. The Balaban J connectivity index is 2.85. The van der Waals surface area contributed by atoms with Crippen LogP contribution < -0.4 is 16.6 Å². The monoisotopic (exact) mass is 241 g/mol. The van der Waals surface area contributed by atoms with E-state index in [2.05, 4.69) is 0 Å². The Morgan fingerprint density at radius 2 is 2.06 bits per heavy atom. The summed E-state index contributed by atoms with van der Waals surface area (Å²) in [6.45, 7) is 1.93. The van der Waals surface area contributed by atoms with Crippen molar-refractivity contribution in [2.75, 3.05) is 5.01 Å². The molecule has 1 aromatic rings. The van der Waals surface area contributed by atoms with Crippen LogP contribution in [0.15, 0.2) is 41.1 Å². The molecule has 88 valence electrons. The van der Waals surface area contributed by atoms with E-state index >= 15 is 0 Å². The maximum Gasteiger partial charge on any atom is 0.186 e. The van der Waals surface area contributed by atoms with E-state index in [1.165, 1.54) is 5.01 Å². The Morgan fingerprint density at radius 1 is 1.50 bits per heavy atom. The minimum atomic E-state index is -1.96. The van der Waals surface area contributed by atoms with Crippen LogP contribution in [0.2, 0.25) is 0 Å². The quantitative estimate of drug-likeness (QED) is 0.418. The standard InChI is InChI=1S/C10H15N3O2S/c1-2-8(11)7-13(12)9-3-5-10(6-4-9)16(14)15/h3-7H,2,11-12H2,1H3,(H,14,15). The van der Waals surface area contributed by atoms with Gasteiger partial charge in [-0.3, -0.25) is 5.01 Å². The van der Waals surface area contributed by atoms with Crippen molar-refractivity contribution >= 4 is 16.8 Å². The van der Waals surface area contributed by atoms with Crippen LogP contribution in [0, 0.1) is 0 Å². The SMILES string of the molecule is CCC(N)=CN(N)c1ccc(S(=O)O)cc1. The molecule has 0 aliphatic heterocycles. The topological polar surface area (TPSA) is 92.6 Å². The molecule has 0 aliphatic rings. The summed E-state index contributed by atoms with van der Waals surface area (Å²) < 4.78 is 19.6. The van der Waals surface area contributed by atoms with Gasteiger partial charge in [0.15, 0.2) is 11.1 Å². The first-order valence-corrected chi connectivity index (χ1v) is 5.86. The zero-order valence-electron chi connectivity index (χ0n) is 8.96. The molecular weight excluding hydrogens is 226 g/mol. The van der Waals surface area contributed by atoms with Crippen LogP contribution in [-0.2, 0) is 11.1 Å². The molecule has 5 nitrogen and oxygen atoms in total. The molecule has 0 aliphatic carbocycles. The van der Waals surface area contributed by atoms with Gasteiger partial charge in [0.1, 0.15) is 0 Å². The lowest BCUT2D eigenvalue weighted by molar-refractivity contribution is 0.564. The molecule has 0 spiro atoms. The third kappa shape index (κ3) is 3.34. The normalized spacial score (nSPS) is 13.6. The Hall–Kier alpha value is -1.37. The summed E-state index contributed by atoms with van der Waals surface area (Å²) in [6, 6.07) is 6.40. The third-order valence-electron chi connectivity index (χ3n) is 2.05. The number of rotatable bonds is 4. The van der Waals surface area contributed by atoms with E-state index < -0.39 is 11.1 Å². The number of nitrogens with two attached hydrogens (primary N) is 2. The van der Waals surface area contributed by atoms with Crippen molar-refractivity contribution in [3.8, 4) is 0 Å². The Bertz CT molecular complexity index is 403. The number of anilines is 1. The van der Waals surface area contributed by atoms with E-state index in [0.29, 0.717) is 22.7 Å². The molecule has 0 radical (unpaired) electrons. The fraction of sp³-hybridized carbons (Fsp3) is 0.200. The van der Waals surface area contributed by atoms with Crippen LogP contribution in [0.3, 0.4) is 0 Å². The molecule has 1 rings (SSSR count). The molecule has 0 saturated heterocycles. The van der Waals surface area contributed by atoms with E-state index in [-0.39, 0.29) is 0 Å². The molecule has 0 saturated carbocycles. The Labute approximate surface area is 97.0 Å². The van der Waals surface area contributed by atoms with E-state index in [1.807, 2.05) is 6.92 Å². The fourth-order valence-electron chi connectivity index (χ4n) is 1.08. The highest BCUT2D eigenvalue weighted by Gasteiger charge is 2.02. The van der Waals surface area contributed by atoms with Crippen LogP contribution in [0.1, 0.15) is 13.3 Å². The number of hydrogen-bond acceptors (Lipinski definition) is 4. The smallest absolute Gasteiger partial charge is 0.186 e. The first kappa shape index (κ1) is 12.7. The molecule has 1 unspecified atom stereocenters. The second kappa shape index (κ2) is 5.64. The van der Waals surface area contributed by atoms with Gasteiger partial charge >= 0.3 is 0 Å². The maximum atomic E-state index is 10.7. The molecule has 0 bridgehead atoms. The maximum absolute atomic E-state index is 10.7. The summed E-state index contributed by atoms with van der Waals surface area (Å²) in [5.41, 5.74) is 7.00. The lowest BCUT2D eigenvalue weighted by Crippen LogP contribution is -2.25. The molecule has 0 fully saturated rings. The summed E-state index contributed by atoms with van der Waals surface area (Å²) in [5.74, 6) is 5.74. The van der Waals surface area contributed by atoms with E-state index in [9.17, 15) is 4.21 Å². The van der Waals surface area contributed by atoms with Gasteiger partial charge in [0.05, 0.1) is 10.6 Å². The largest absolute Gasteiger partial charge is 0.401 e. The first-order valence-electron chi connectivity index (χ1n) is 4.75. The molecule has 0 amide bonds. The van der Waals surface area contributed by atoms with E-state index in [0.717, 1.165) is 0 Å². The van der Waals surface area contributed by atoms with Crippen LogP contribution in [0.5, 0.6) is 0 Å². The summed E-state index contributed by atoms with van der Waals surface area (Å²) in [7, 11) is 0. The number of allylic oxidation sites excluding steroid dienone is 1. The van der Waals surface area contributed by atoms with Gasteiger partial charge in [-0.15, -0.1) is 0 Å². The van der Waals surface area contributed by atoms with Crippen LogP contribution in [0.25, 0.3) is 0 Å². The Morgan fingerprint density at radius 3 is 2.50 bits per heavy atom. The summed E-state index contributed by atoms with van der Waals surface area (Å²) in [4.78, 5) is 0.338. The average molecular weight is 241 g/mol. The zero-order chi connectivity index (χ0) is 12.1. The molecular formula is C10H15N3O2S. The summed E-state index contributed by atoms with van der Waals surface area (Å²) in [6.07, 6.45) is 2.33. The minimum absolute atomic E-state index is 0.338. The van der Waals surface area contributed by atoms with Gasteiger partial charge in [-0.05, 0) is 30.7 Å². The Kier molecular flexibility index (Phi) is 4.48. The van der Waals surface area contributed by atoms with Gasteiger partial charge in [0.25, 0.3) is 0 Å². The molecule has 6 heteroatoms.